The van der Waals surface area contributed by atoms with Crippen molar-refractivity contribution in [2.45, 2.75) is 44.7 Å². The van der Waals surface area contributed by atoms with E-state index in [2.05, 4.69) is 30.1 Å². The van der Waals surface area contributed by atoms with Crippen LogP contribution in [0.2, 0.25) is 0 Å². The maximum atomic E-state index is 13.0. The van der Waals surface area contributed by atoms with Crippen LogP contribution >= 0.6 is 11.3 Å². The Morgan fingerprint density at radius 1 is 1.32 bits per heavy atom. The fourth-order valence-corrected chi connectivity index (χ4v) is 6.11. The summed E-state index contributed by atoms with van der Waals surface area (Å²) < 4.78 is 6.88. The lowest BCUT2D eigenvalue weighted by Gasteiger charge is -2.56. The Balaban J connectivity index is 1.44. The molecular formula is C20H24N2O2S. The lowest BCUT2D eigenvalue weighted by Crippen LogP contribution is -2.69. The molecule has 4 aliphatic rings. The number of carbonyl (C=O) groups is 1. The van der Waals surface area contributed by atoms with Gasteiger partial charge in [-0.05, 0) is 69.3 Å². The molecule has 0 radical (unpaired) electrons. The Kier molecular flexibility index (Phi) is 3.41. The van der Waals surface area contributed by atoms with Gasteiger partial charge in [0.1, 0.15) is 5.75 Å². The highest BCUT2D eigenvalue weighted by atomic mass is 32.1. The molecule has 2 bridgehead atoms. The summed E-state index contributed by atoms with van der Waals surface area (Å²) >= 11 is 1.61. The van der Waals surface area contributed by atoms with Crippen molar-refractivity contribution in [1.82, 2.24) is 10.2 Å². The Morgan fingerprint density at radius 3 is 2.88 bits per heavy atom. The fourth-order valence-electron chi connectivity index (χ4n) is 4.98. The maximum absolute atomic E-state index is 13.0. The molecule has 2 aromatic rings. The molecule has 4 nitrogen and oxygen atoms in total. The third-order valence-electron chi connectivity index (χ3n) is 6.45. The van der Waals surface area contributed by atoms with Crippen LogP contribution in [0, 0.1) is 5.92 Å². The second-order valence-corrected chi connectivity index (χ2v) is 9.15. The summed E-state index contributed by atoms with van der Waals surface area (Å²) in [4.78, 5) is 16.4. The molecule has 1 atom stereocenters. The van der Waals surface area contributed by atoms with Crippen LogP contribution in [0.25, 0.3) is 10.1 Å². The minimum atomic E-state index is 0.0442. The number of nitrogens with one attached hydrogen (secondary N) is 1. The van der Waals surface area contributed by atoms with Gasteiger partial charge in [0, 0.05) is 28.3 Å². The van der Waals surface area contributed by atoms with Gasteiger partial charge in [-0.3, -0.25) is 9.69 Å². The summed E-state index contributed by atoms with van der Waals surface area (Å²) in [5, 5.41) is 4.54. The molecule has 0 saturated carbocycles. The van der Waals surface area contributed by atoms with Crippen LogP contribution in [-0.4, -0.2) is 42.1 Å². The molecule has 5 heteroatoms. The third-order valence-corrected chi connectivity index (χ3v) is 7.66. The summed E-state index contributed by atoms with van der Waals surface area (Å²) in [7, 11) is 0. The Hall–Kier alpha value is -1.59. The largest absolute Gasteiger partial charge is 0.493 e. The zero-order valence-corrected chi connectivity index (χ0v) is 15.6. The zero-order valence-electron chi connectivity index (χ0n) is 14.8. The highest BCUT2D eigenvalue weighted by Gasteiger charge is 2.48. The van der Waals surface area contributed by atoms with Gasteiger partial charge in [-0.2, -0.15) is 0 Å². The highest BCUT2D eigenvalue weighted by molar-refractivity contribution is 7.21. The minimum Gasteiger partial charge on any atom is -0.493 e. The van der Waals surface area contributed by atoms with E-state index in [1.54, 1.807) is 11.3 Å². The van der Waals surface area contributed by atoms with Gasteiger partial charge in [-0.25, -0.2) is 0 Å². The molecule has 132 valence electrons. The molecule has 5 heterocycles. The van der Waals surface area contributed by atoms with Gasteiger partial charge in [-0.15, -0.1) is 11.3 Å². The average molecular weight is 356 g/mol. The van der Waals surface area contributed by atoms with E-state index in [0.29, 0.717) is 5.92 Å². The highest BCUT2D eigenvalue weighted by Crippen LogP contribution is 2.40. The SMILES string of the molecule is CC1(C)[C@@H](NC(=O)c2cc3ccc4c(c3s2)CCO4)C2CCN1CC2. The van der Waals surface area contributed by atoms with Crippen molar-refractivity contribution in [3.63, 3.8) is 0 Å². The monoisotopic (exact) mass is 356 g/mol. The van der Waals surface area contributed by atoms with E-state index in [1.807, 2.05) is 12.1 Å². The summed E-state index contributed by atoms with van der Waals surface area (Å²) in [6.07, 6.45) is 3.35. The van der Waals surface area contributed by atoms with E-state index in [9.17, 15) is 4.79 Å². The summed E-state index contributed by atoms with van der Waals surface area (Å²) in [5.41, 5.74) is 1.31. The summed E-state index contributed by atoms with van der Waals surface area (Å²) in [6, 6.07) is 6.39. The minimum absolute atomic E-state index is 0.0442. The van der Waals surface area contributed by atoms with Crippen molar-refractivity contribution in [2.24, 2.45) is 5.92 Å². The number of hydrogen-bond donors (Lipinski definition) is 1. The van der Waals surface area contributed by atoms with Crippen LogP contribution < -0.4 is 10.1 Å². The Morgan fingerprint density at radius 2 is 2.12 bits per heavy atom. The van der Waals surface area contributed by atoms with Crippen molar-refractivity contribution in [3.8, 4) is 5.75 Å². The quantitative estimate of drug-likeness (QED) is 0.896. The number of fused-ring (bicyclic) bond motifs is 6. The number of piperidine rings is 3. The number of ether oxygens (including phenoxy) is 1. The average Bonchev–Trinajstić information content (AvgIpc) is 3.23. The van der Waals surface area contributed by atoms with Crippen molar-refractivity contribution in [3.05, 3.63) is 28.6 Å². The number of amides is 1. The van der Waals surface area contributed by atoms with Crippen molar-refractivity contribution < 1.29 is 9.53 Å². The molecule has 6 rings (SSSR count). The molecule has 4 aliphatic heterocycles. The number of hydrogen-bond acceptors (Lipinski definition) is 4. The molecule has 3 saturated heterocycles. The van der Waals surface area contributed by atoms with Crippen molar-refractivity contribution in [1.29, 1.82) is 0 Å². The standard InChI is InChI=1S/C20H24N2O2S/c1-20(2)18(12-5-8-22(20)9-6-12)21-19(23)16-11-13-3-4-15-14(7-10-24-15)17(13)25-16/h3-4,11-12,18H,5-10H2,1-2H3,(H,21,23)/t18-/m0/s1. The first-order valence-electron chi connectivity index (χ1n) is 9.28. The van der Waals surface area contributed by atoms with E-state index < -0.39 is 0 Å². The van der Waals surface area contributed by atoms with Gasteiger partial charge in [0.15, 0.2) is 0 Å². The van der Waals surface area contributed by atoms with Crippen LogP contribution in [0.5, 0.6) is 5.75 Å². The first-order valence-corrected chi connectivity index (χ1v) is 10.1. The van der Waals surface area contributed by atoms with Gasteiger partial charge in [0.05, 0.1) is 11.5 Å². The smallest absolute Gasteiger partial charge is 0.261 e. The third kappa shape index (κ3) is 2.32. The van der Waals surface area contributed by atoms with Gasteiger partial charge in [0.25, 0.3) is 5.91 Å². The number of benzene rings is 1. The van der Waals surface area contributed by atoms with Gasteiger partial charge < -0.3 is 10.1 Å². The van der Waals surface area contributed by atoms with E-state index in [0.717, 1.165) is 29.0 Å². The Labute approximate surface area is 152 Å². The van der Waals surface area contributed by atoms with Crippen molar-refractivity contribution in [2.75, 3.05) is 19.7 Å². The summed E-state index contributed by atoms with van der Waals surface area (Å²) in [6.45, 7) is 7.64. The van der Waals surface area contributed by atoms with E-state index >= 15 is 0 Å². The Bertz CT molecular complexity index is 849. The van der Waals surface area contributed by atoms with Crippen LogP contribution in [-0.2, 0) is 6.42 Å². The summed E-state index contributed by atoms with van der Waals surface area (Å²) in [5.74, 6) is 1.68. The molecular weight excluding hydrogens is 332 g/mol. The van der Waals surface area contributed by atoms with Crippen LogP contribution in [0.4, 0.5) is 0 Å². The molecule has 25 heavy (non-hydrogen) atoms. The molecule has 1 amide bonds. The van der Waals surface area contributed by atoms with E-state index in [4.69, 9.17) is 4.74 Å². The van der Waals surface area contributed by atoms with E-state index in [1.165, 1.54) is 36.2 Å². The van der Waals surface area contributed by atoms with Gasteiger partial charge in [-0.1, -0.05) is 0 Å². The van der Waals surface area contributed by atoms with Gasteiger partial charge in [0.2, 0.25) is 0 Å². The molecule has 1 N–H and O–H groups in total. The first-order chi connectivity index (χ1) is 12.0. The molecule has 0 aliphatic carbocycles. The number of nitrogens with zero attached hydrogens (tertiary/aromatic N) is 1. The lowest BCUT2D eigenvalue weighted by atomic mass is 9.72. The normalized spacial score (nSPS) is 29.4. The van der Waals surface area contributed by atoms with Gasteiger partial charge >= 0.3 is 0 Å². The first kappa shape index (κ1) is 15.6. The van der Waals surface area contributed by atoms with E-state index in [-0.39, 0.29) is 17.5 Å². The molecule has 1 aromatic heterocycles. The number of rotatable bonds is 2. The number of carbonyl (C=O) groups excluding carboxylic acids is 1. The predicted molar refractivity (Wildman–Crippen MR) is 101 cm³/mol. The van der Waals surface area contributed by atoms with Crippen LogP contribution in [0.3, 0.4) is 0 Å². The zero-order chi connectivity index (χ0) is 17.2. The maximum Gasteiger partial charge on any atom is 0.261 e. The molecule has 0 unspecified atom stereocenters. The lowest BCUT2D eigenvalue weighted by molar-refractivity contribution is -0.0377. The van der Waals surface area contributed by atoms with Crippen LogP contribution in [0.15, 0.2) is 18.2 Å². The fraction of sp³-hybridized carbons (Fsp3) is 0.550. The second-order valence-electron chi connectivity index (χ2n) is 8.10. The number of thiophene rings is 1. The van der Waals surface area contributed by atoms with Crippen LogP contribution in [0.1, 0.15) is 41.9 Å². The molecule has 3 fully saturated rings. The second kappa shape index (κ2) is 5.45. The molecule has 0 spiro atoms. The topological polar surface area (TPSA) is 41.6 Å². The molecule has 1 aromatic carbocycles. The van der Waals surface area contributed by atoms with Crippen molar-refractivity contribution >= 4 is 27.3 Å². The predicted octanol–water partition coefficient (Wildman–Crippen LogP) is 3.44.